The van der Waals surface area contributed by atoms with Gasteiger partial charge in [-0.3, -0.25) is 0 Å². The Morgan fingerprint density at radius 1 is 1.40 bits per heavy atom. The summed E-state index contributed by atoms with van der Waals surface area (Å²) >= 11 is 0. The first-order valence-electron chi connectivity index (χ1n) is 5.71. The lowest BCUT2D eigenvalue weighted by atomic mass is 9.86. The average Bonchev–Trinajstić information content (AvgIpc) is 2.66. The number of hydrazone groups is 1. The molecule has 0 unspecified atom stereocenters. The van der Waals surface area contributed by atoms with Crippen molar-refractivity contribution in [1.29, 1.82) is 0 Å². The van der Waals surface area contributed by atoms with Gasteiger partial charge in [0.1, 0.15) is 0 Å². The Labute approximate surface area is 91.8 Å². The molecule has 1 aliphatic heterocycles. The van der Waals surface area contributed by atoms with Crippen molar-refractivity contribution < 1.29 is 4.74 Å². The number of hydrogen-bond acceptors (Lipinski definition) is 3. The highest BCUT2D eigenvalue weighted by molar-refractivity contribution is 5.24. The molecule has 84 valence electrons. The summed E-state index contributed by atoms with van der Waals surface area (Å²) in [6, 6.07) is 0. The smallest absolute Gasteiger partial charge is 0.208 e. The highest BCUT2D eigenvalue weighted by Gasteiger charge is 2.41. The Morgan fingerprint density at radius 3 is 2.60 bits per heavy atom. The van der Waals surface area contributed by atoms with E-state index in [4.69, 9.17) is 4.74 Å². The summed E-state index contributed by atoms with van der Waals surface area (Å²) in [5.74, 6) is 0.905. The summed E-state index contributed by atoms with van der Waals surface area (Å²) in [5, 5.41) is 6.00. The Kier molecular flexibility index (Phi) is 2.72. The topological polar surface area (TPSA) is 24.8 Å². The molecule has 1 aliphatic carbocycles. The van der Waals surface area contributed by atoms with Crippen LogP contribution < -0.4 is 0 Å². The van der Waals surface area contributed by atoms with E-state index in [1.54, 1.807) is 0 Å². The molecule has 1 heterocycles. The van der Waals surface area contributed by atoms with Crippen molar-refractivity contribution in [3.05, 3.63) is 11.5 Å². The minimum Gasteiger partial charge on any atom is -0.477 e. The van der Waals surface area contributed by atoms with Crippen molar-refractivity contribution in [3.63, 3.8) is 0 Å². The van der Waals surface area contributed by atoms with Gasteiger partial charge in [0.25, 0.3) is 0 Å². The van der Waals surface area contributed by atoms with Crippen molar-refractivity contribution in [2.45, 2.75) is 39.5 Å². The second kappa shape index (κ2) is 3.87. The largest absolute Gasteiger partial charge is 0.477 e. The van der Waals surface area contributed by atoms with Gasteiger partial charge in [0.05, 0.1) is 13.2 Å². The van der Waals surface area contributed by atoms with Crippen molar-refractivity contribution in [2.75, 3.05) is 13.2 Å². The molecule has 1 spiro atoms. The van der Waals surface area contributed by atoms with Gasteiger partial charge < -0.3 is 4.74 Å². The first-order valence-corrected chi connectivity index (χ1v) is 5.71. The predicted octanol–water partition coefficient (Wildman–Crippen LogP) is 2.75. The molecule has 0 N–H and O–H groups in total. The Bertz CT molecular complexity index is 286. The summed E-state index contributed by atoms with van der Waals surface area (Å²) < 4.78 is 5.85. The van der Waals surface area contributed by atoms with Gasteiger partial charge in [-0.2, -0.15) is 5.10 Å². The van der Waals surface area contributed by atoms with Crippen molar-refractivity contribution >= 4 is 6.72 Å². The van der Waals surface area contributed by atoms with E-state index in [-0.39, 0.29) is 0 Å². The highest BCUT2D eigenvalue weighted by atomic mass is 16.5. The van der Waals surface area contributed by atoms with Crippen LogP contribution >= 0.6 is 0 Å². The highest BCUT2D eigenvalue weighted by Crippen LogP contribution is 2.43. The first kappa shape index (κ1) is 10.5. The fraction of sp³-hybridized carbons (Fsp3) is 0.750. The van der Waals surface area contributed by atoms with E-state index in [0.29, 0.717) is 5.41 Å². The number of rotatable bonds is 1. The van der Waals surface area contributed by atoms with Crippen LogP contribution in [0, 0.1) is 5.41 Å². The van der Waals surface area contributed by atoms with Crippen molar-refractivity contribution in [1.82, 2.24) is 5.01 Å². The quantitative estimate of drug-likeness (QED) is 0.619. The number of ether oxygens (including phenoxy) is 1. The SMILES string of the molecule is C=NN1CC2(CCCC2)COC1=C(C)C. The van der Waals surface area contributed by atoms with E-state index in [1.807, 2.05) is 5.01 Å². The summed E-state index contributed by atoms with van der Waals surface area (Å²) in [6.45, 7) is 9.59. The second-order valence-electron chi connectivity index (χ2n) is 5.00. The van der Waals surface area contributed by atoms with Crippen LogP contribution in [-0.4, -0.2) is 24.9 Å². The lowest BCUT2D eigenvalue weighted by molar-refractivity contribution is -0.0314. The molecule has 0 bridgehead atoms. The molecule has 3 nitrogen and oxygen atoms in total. The minimum atomic E-state index is 0.347. The van der Waals surface area contributed by atoms with E-state index in [0.717, 1.165) is 19.0 Å². The van der Waals surface area contributed by atoms with Crippen LogP contribution in [0.25, 0.3) is 0 Å². The van der Waals surface area contributed by atoms with E-state index >= 15 is 0 Å². The third-order valence-corrected chi connectivity index (χ3v) is 3.50. The maximum atomic E-state index is 5.85. The zero-order valence-corrected chi connectivity index (χ0v) is 9.75. The summed E-state index contributed by atoms with van der Waals surface area (Å²) in [6.07, 6.45) is 5.21. The standard InChI is InChI=1S/C12H20N2O/c1-10(2)11-14(13-3)8-12(9-15-11)6-4-5-7-12/h3-9H2,1-2H3. The molecule has 0 aromatic heterocycles. The van der Waals surface area contributed by atoms with Gasteiger partial charge in [0, 0.05) is 12.1 Å². The van der Waals surface area contributed by atoms with Crippen molar-refractivity contribution in [3.8, 4) is 0 Å². The van der Waals surface area contributed by atoms with Crippen LogP contribution in [0.5, 0.6) is 0 Å². The average molecular weight is 208 g/mol. The molecule has 1 saturated carbocycles. The zero-order valence-electron chi connectivity index (χ0n) is 9.75. The molecule has 0 aromatic rings. The summed E-state index contributed by atoms with van der Waals surface area (Å²) in [5.41, 5.74) is 1.52. The summed E-state index contributed by atoms with van der Waals surface area (Å²) in [4.78, 5) is 0. The maximum Gasteiger partial charge on any atom is 0.208 e. The van der Waals surface area contributed by atoms with Gasteiger partial charge in [-0.15, -0.1) is 0 Å². The molecule has 15 heavy (non-hydrogen) atoms. The van der Waals surface area contributed by atoms with Gasteiger partial charge in [0.15, 0.2) is 0 Å². The van der Waals surface area contributed by atoms with Crippen LogP contribution in [0.4, 0.5) is 0 Å². The molecule has 2 fully saturated rings. The van der Waals surface area contributed by atoms with E-state index < -0.39 is 0 Å². The van der Waals surface area contributed by atoms with Crippen molar-refractivity contribution in [2.24, 2.45) is 10.5 Å². The fourth-order valence-electron chi connectivity index (χ4n) is 2.68. The van der Waals surface area contributed by atoms with Gasteiger partial charge in [-0.1, -0.05) is 12.8 Å². The maximum absolute atomic E-state index is 5.85. The molecular weight excluding hydrogens is 188 g/mol. The fourth-order valence-corrected chi connectivity index (χ4v) is 2.68. The lowest BCUT2D eigenvalue weighted by Gasteiger charge is -2.40. The number of allylic oxidation sites excluding steroid dienone is 1. The minimum absolute atomic E-state index is 0.347. The molecule has 0 atom stereocenters. The molecule has 2 aliphatic rings. The third kappa shape index (κ3) is 1.87. The van der Waals surface area contributed by atoms with Crippen LogP contribution in [0.3, 0.4) is 0 Å². The Morgan fingerprint density at radius 2 is 2.07 bits per heavy atom. The van der Waals surface area contributed by atoms with E-state index in [1.165, 1.54) is 31.3 Å². The monoisotopic (exact) mass is 208 g/mol. The molecule has 2 rings (SSSR count). The van der Waals surface area contributed by atoms with Crippen LogP contribution in [0.2, 0.25) is 0 Å². The van der Waals surface area contributed by atoms with E-state index in [9.17, 15) is 0 Å². The molecule has 0 aromatic carbocycles. The molecule has 0 radical (unpaired) electrons. The first-order chi connectivity index (χ1) is 7.17. The van der Waals surface area contributed by atoms with Gasteiger partial charge >= 0.3 is 0 Å². The van der Waals surface area contributed by atoms with Gasteiger partial charge in [-0.05, 0) is 32.3 Å². The van der Waals surface area contributed by atoms with Crippen LogP contribution in [0.1, 0.15) is 39.5 Å². The lowest BCUT2D eigenvalue weighted by Crippen LogP contribution is -2.42. The van der Waals surface area contributed by atoms with Gasteiger partial charge in [-0.25, -0.2) is 5.01 Å². The Hall–Kier alpha value is -0.990. The molecule has 0 amide bonds. The summed E-state index contributed by atoms with van der Waals surface area (Å²) in [7, 11) is 0. The van der Waals surface area contributed by atoms with E-state index in [2.05, 4.69) is 25.7 Å². The van der Waals surface area contributed by atoms with Gasteiger partial charge in [0.2, 0.25) is 5.88 Å². The normalized spacial score (nSPS) is 24.1. The number of hydrogen-bond donors (Lipinski definition) is 0. The second-order valence-corrected chi connectivity index (χ2v) is 5.00. The van der Waals surface area contributed by atoms with Crippen LogP contribution in [0.15, 0.2) is 16.6 Å². The third-order valence-electron chi connectivity index (χ3n) is 3.50. The zero-order chi connectivity index (χ0) is 10.9. The molecule has 1 saturated heterocycles. The Balaban J connectivity index is 2.16. The predicted molar refractivity (Wildman–Crippen MR) is 61.5 cm³/mol. The molecular formula is C12H20N2O. The number of nitrogens with zero attached hydrogens (tertiary/aromatic N) is 2. The molecule has 3 heteroatoms. The van der Waals surface area contributed by atoms with Crippen LogP contribution in [-0.2, 0) is 4.74 Å².